The van der Waals surface area contributed by atoms with E-state index < -0.39 is 0 Å². The van der Waals surface area contributed by atoms with Crippen LogP contribution in [0.25, 0.3) is 11.2 Å². The highest BCUT2D eigenvalue weighted by atomic mass is 16.2. The Morgan fingerprint density at radius 3 is 2.52 bits per heavy atom. The molecule has 154 valence electrons. The van der Waals surface area contributed by atoms with Crippen molar-refractivity contribution in [1.82, 2.24) is 23.6 Å². The molecule has 29 heavy (non-hydrogen) atoms. The zero-order valence-electron chi connectivity index (χ0n) is 17.5. The van der Waals surface area contributed by atoms with Gasteiger partial charge in [-0.2, -0.15) is 0 Å². The van der Waals surface area contributed by atoms with Crippen LogP contribution in [0.5, 0.6) is 0 Å². The van der Waals surface area contributed by atoms with E-state index in [0.29, 0.717) is 30.3 Å². The van der Waals surface area contributed by atoms with Crippen LogP contribution in [-0.2, 0) is 27.2 Å². The second-order valence-electron chi connectivity index (χ2n) is 8.01. The SMILES string of the molecule is CC[C@H]1CCCCN1Cc1nc2c(c(=O)n(C)c(=O)n2C)n1Cc1ccccc1. The molecular weight excluding hydrogens is 366 g/mol. The predicted molar refractivity (Wildman–Crippen MR) is 114 cm³/mol. The van der Waals surface area contributed by atoms with Crippen molar-refractivity contribution in [3.8, 4) is 0 Å². The molecule has 4 rings (SSSR count). The average molecular weight is 396 g/mol. The molecule has 7 heteroatoms. The van der Waals surface area contributed by atoms with Gasteiger partial charge in [-0.1, -0.05) is 43.7 Å². The van der Waals surface area contributed by atoms with Crippen molar-refractivity contribution < 1.29 is 0 Å². The van der Waals surface area contributed by atoms with Gasteiger partial charge in [-0.3, -0.25) is 18.8 Å². The highest BCUT2D eigenvalue weighted by Gasteiger charge is 2.25. The van der Waals surface area contributed by atoms with Crippen LogP contribution in [0, 0.1) is 0 Å². The zero-order valence-corrected chi connectivity index (χ0v) is 17.5. The van der Waals surface area contributed by atoms with Gasteiger partial charge in [0.15, 0.2) is 11.2 Å². The van der Waals surface area contributed by atoms with Gasteiger partial charge in [-0.15, -0.1) is 0 Å². The lowest BCUT2D eigenvalue weighted by atomic mass is 10.00. The van der Waals surface area contributed by atoms with E-state index in [9.17, 15) is 9.59 Å². The largest absolute Gasteiger partial charge is 0.332 e. The van der Waals surface area contributed by atoms with Crippen LogP contribution in [0.3, 0.4) is 0 Å². The summed E-state index contributed by atoms with van der Waals surface area (Å²) in [5.74, 6) is 0.850. The van der Waals surface area contributed by atoms with Gasteiger partial charge < -0.3 is 4.57 Å². The van der Waals surface area contributed by atoms with Gasteiger partial charge in [0, 0.05) is 26.7 Å². The number of imidazole rings is 1. The highest BCUT2D eigenvalue weighted by Crippen LogP contribution is 2.23. The second-order valence-corrected chi connectivity index (χ2v) is 8.01. The first-order chi connectivity index (χ1) is 14.0. The molecule has 7 nitrogen and oxygen atoms in total. The van der Waals surface area contributed by atoms with Crippen molar-refractivity contribution in [3.05, 3.63) is 62.6 Å². The molecule has 1 aromatic carbocycles. The fourth-order valence-corrected chi connectivity index (χ4v) is 4.46. The van der Waals surface area contributed by atoms with Crippen LogP contribution in [0.1, 0.15) is 44.0 Å². The number of benzene rings is 1. The van der Waals surface area contributed by atoms with Gasteiger partial charge in [-0.25, -0.2) is 9.78 Å². The number of piperidine rings is 1. The molecule has 1 atom stereocenters. The molecular formula is C22H29N5O2. The first kappa shape index (κ1) is 19.6. The molecule has 1 aliphatic heterocycles. The Morgan fingerprint density at radius 2 is 1.79 bits per heavy atom. The van der Waals surface area contributed by atoms with E-state index in [4.69, 9.17) is 4.98 Å². The summed E-state index contributed by atoms with van der Waals surface area (Å²) in [6.45, 7) is 4.53. The summed E-state index contributed by atoms with van der Waals surface area (Å²) in [4.78, 5) is 32.7. The second kappa shape index (κ2) is 7.99. The zero-order chi connectivity index (χ0) is 20.5. The third kappa shape index (κ3) is 3.55. The summed E-state index contributed by atoms with van der Waals surface area (Å²) < 4.78 is 4.66. The summed E-state index contributed by atoms with van der Waals surface area (Å²) in [6.07, 6.45) is 4.77. The molecule has 1 aliphatic rings. The van der Waals surface area contributed by atoms with E-state index in [1.54, 1.807) is 7.05 Å². The Hall–Kier alpha value is -2.67. The summed E-state index contributed by atoms with van der Waals surface area (Å²) in [6, 6.07) is 10.6. The molecule has 3 aromatic rings. The maximum absolute atomic E-state index is 13.0. The van der Waals surface area contributed by atoms with Gasteiger partial charge in [0.05, 0.1) is 6.54 Å². The smallest absolute Gasteiger partial charge is 0.317 e. The van der Waals surface area contributed by atoms with Crippen LogP contribution in [0.2, 0.25) is 0 Å². The number of hydrogen-bond acceptors (Lipinski definition) is 4. The van der Waals surface area contributed by atoms with Crippen molar-refractivity contribution >= 4 is 11.2 Å². The number of likely N-dealkylation sites (tertiary alicyclic amines) is 1. The van der Waals surface area contributed by atoms with Gasteiger partial charge >= 0.3 is 5.69 Å². The monoisotopic (exact) mass is 395 g/mol. The Bertz CT molecular complexity index is 1130. The minimum atomic E-state index is -0.345. The Balaban J connectivity index is 1.87. The quantitative estimate of drug-likeness (QED) is 0.665. The van der Waals surface area contributed by atoms with Gasteiger partial charge in [-0.05, 0) is 31.4 Å². The van der Waals surface area contributed by atoms with Crippen LogP contribution in [-0.4, -0.2) is 36.2 Å². The Labute approximate surface area is 170 Å². The molecule has 3 heterocycles. The lowest BCUT2D eigenvalue weighted by Crippen LogP contribution is -2.39. The summed E-state index contributed by atoms with van der Waals surface area (Å²) in [5.41, 5.74) is 1.44. The number of hydrogen-bond donors (Lipinski definition) is 0. The van der Waals surface area contributed by atoms with E-state index in [-0.39, 0.29) is 11.2 Å². The van der Waals surface area contributed by atoms with Crippen molar-refractivity contribution in [1.29, 1.82) is 0 Å². The number of rotatable bonds is 5. The van der Waals surface area contributed by atoms with E-state index in [1.165, 1.54) is 35.4 Å². The van der Waals surface area contributed by atoms with Crippen molar-refractivity contribution in [2.24, 2.45) is 14.1 Å². The van der Waals surface area contributed by atoms with Crippen LogP contribution in [0.15, 0.2) is 39.9 Å². The summed E-state index contributed by atoms with van der Waals surface area (Å²) in [5, 5.41) is 0. The number of aromatic nitrogens is 4. The first-order valence-electron chi connectivity index (χ1n) is 10.4. The standard InChI is InChI=1S/C22H29N5O2/c1-4-17-12-8-9-13-26(17)15-18-23-20-19(21(28)25(3)22(29)24(20)2)27(18)14-16-10-6-5-7-11-16/h5-7,10-11,17H,4,8-9,12-15H2,1-3H3/t17-/m0/s1. The lowest BCUT2D eigenvalue weighted by molar-refractivity contribution is 0.131. The van der Waals surface area contributed by atoms with E-state index in [1.807, 2.05) is 22.8 Å². The maximum atomic E-state index is 13.0. The van der Waals surface area contributed by atoms with Crippen molar-refractivity contribution in [2.75, 3.05) is 6.54 Å². The molecule has 0 radical (unpaired) electrons. The molecule has 0 N–H and O–H groups in total. The normalized spacial score (nSPS) is 17.8. The fourth-order valence-electron chi connectivity index (χ4n) is 4.46. The summed E-state index contributed by atoms with van der Waals surface area (Å²) >= 11 is 0. The third-order valence-corrected chi connectivity index (χ3v) is 6.18. The molecule has 1 saturated heterocycles. The minimum absolute atomic E-state index is 0.288. The number of fused-ring (bicyclic) bond motifs is 1. The summed E-state index contributed by atoms with van der Waals surface area (Å²) in [7, 11) is 3.21. The molecule has 0 amide bonds. The van der Waals surface area contributed by atoms with Crippen LogP contribution >= 0.6 is 0 Å². The number of nitrogens with zero attached hydrogens (tertiary/aromatic N) is 5. The van der Waals surface area contributed by atoms with Crippen molar-refractivity contribution in [2.45, 2.75) is 51.7 Å². The average Bonchev–Trinajstić information content (AvgIpc) is 3.10. The highest BCUT2D eigenvalue weighted by molar-refractivity contribution is 5.71. The molecule has 2 aromatic heterocycles. The maximum Gasteiger partial charge on any atom is 0.332 e. The van der Waals surface area contributed by atoms with Crippen molar-refractivity contribution in [3.63, 3.8) is 0 Å². The van der Waals surface area contributed by atoms with E-state index in [2.05, 4.69) is 24.0 Å². The Morgan fingerprint density at radius 1 is 1.03 bits per heavy atom. The predicted octanol–water partition coefficient (Wildman–Crippen LogP) is 2.25. The van der Waals surface area contributed by atoms with Gasteiger partial charge in [0.1, 0.15) is 5.82 Å². The molecule has 0 aliphatic carbocycles. The van der Waals surface area contributed by atoms with Gasteiger partial charge in [0.2, 0.25) is 0 Å². The van der Waals surface area contributed by atoms with Crippen LogP contribution < -0.4 is 11.2 Å². The molecule has 0 saturated carbocycles. The molecule has 0 spiro atoms. The lowest BCUT2D eigenvalue weighted by Gasteiger charge is -2.34. The topological polar surface area (TPSA) is 65.1 Å². The van der Waals surface area contributed by atoms with E-state index >= 15 is 0 Å². The first-order valence-corrected chi connectivity index (χ1v) is 10.4. The Kier molecular flexibility index (Phi) is 5.41. The molecule has 1 fully saturated rings. The van der Waals surface area contributed by atoms with E-state index in [0.717, 1.165) is 24.4 Å². The number of aryl methyl sites for hydroxylation is 1. The van der Waals surface area contributed by atoms with Gasteiger partial charge in [0.25, 0.3) is 5.56 Å². The minimum Gasteiger partial charge on any atom is -0.317 e. The molecule has 0 bridgehead atoms. The fraction of sp³-hybridized carbons (Fsp3) is 0.500. The molecule has 0 unspecified atom stereocenters. The third-order valence-electron chi connectivity index (χ3n) is 6.18. The van der Waals surface area contributed by atoms with Crippen LogP contribution in [0.4, 0.5) is 0 Å².